The number of nitrogens with zero attached hydrogens (tertiary/aromatic N) is 1. The average molecular weight is 245 g/mol. The predicted octanol–water partition coefficient (Wildman–Crippen LogP) is 0.538. The van der Waals surface area contributed by atoms with Crippen molar-refractivity contribution in [3.8, 4) is 0 Å². The number of esters is 2. The molecule has 0 amide bonds. The summed E-state index contributed by atoms with van der Waals surface area (Å²) in [6.45, 7) is 0. The van der Waals surface area contributed by atoms with E-state index in [4.69, 9.17) is 0 Å². The van der Waals surface area contributed by atoms with Crippen LogP contribution in [-0.4, -0.2) is 36.6 Å². The standard InChI is InChI=1S/C10H15NO6/c1-16-8(12)3-4-10(11(14)15)5-7(6-10)9(13)17-2/h7H,3-6H2,1-2H3. The van der Waals surface area contributed by atoms with E-state index in [1.54, 1.807) is 0 Å². The SMILES string of the molecule is COC(=O)CCC1([N+](=O)[O-])CC(C(=O)OC)C1. The maximum Gasteiger partial charge on any atom is 0.309 e. The lowest BCUT2D eigenvalue weighted by molar-refractivity contribution is -0.590. The molecule has 0 N–H and O–H groups in total. The van der Waals surface area contributed by atoms with Crippen LogP contribution >= 0.6 is 0 Å². The molecule has 0 aromatic rings. The number of hydrogen-bond donors (Lipinski definition) is 0. The molecule has 1 fully saturated rings. The van der Waals surface area contributed by atoms with Crippen molar-refractivity contribution >= 4 is 11.9 Å². The number of nitro groups is 1. The Morgan fingerprint density at radius 3 is 2.35 bits per heavy atom. The molecule has 0 saturated heterocycles. The van der Waals surface area contributed by atoms with Gasteiger partial charge in [0.05, 0.1) is 26.6 Å². The van der Waals surface area contributed by atoms with E-state index in [1.807, 2.05) is 0 Å². The van der Waals surface area contributed by atoms with Crippen LogP contribution < -0.4 is 0 Å². The number of rotatable bonds is 5. The molecule has 0 aliphatic heterocycles. The first kappa shape index (κ1) is 13.4. The van der Waals surface area contributed by atoms with Gasteiger partial charge in [-0.1, -0.05) is 0 Å². The summed E-state index contributed by atoms with van der Waals surface area (Å²) >= 11 is 0. The first-order valence-electron chi connectivity index (χ1n) is 5.24. The van der Waals surface area contributed by atoms with Gasteiger partial charge in [-0.25, -0.2) is 0 Å². The largest absolute Gasteiger partial charge is 0.469 e. The van der Waals surface area contributed by atoms with Crippen molar-refractivity contribution < 1.29 is 24.0 Å². The highest BCUT2D eigenvalue weighted by Crippen LogP contribution is 2.44. The summed E-state index contributed by atoms with van der Waals surface area (Å²) in [5.41, 5.74) is -1.17. The van der Waals surface area contributed by atoms with E-state index in [0.717, 1.165) is 0 Å². The van der Waals surface area contributed by atoms with Crippen LogP contribution in [0, 0.1) is 16.0 Å². The van der Waals surface area contributed by atoms with Crippen LogP contribution in [0.25, 0.3) is 0 Å². The van der Waals surface area contributed by atoms with Crippen molar-refractivity contribution in [2.24, 2.45) is 5.92 Å². The van der Waals surface area contributed by atoms with Gasteiger partial charge in [0.15, 0.2) is 0 Å². The van der Waals surface area contributed by atoms with Gasteiger partial charge in [0.25, 0.3) is 0 Å². The third-order valence-corrected chi connectivity index (χ3v) is 3.20. The molecule has 0 bridgehead atoms. The molecule has 0 spiro atoms. The fourth-order valence-corrected chi connectivity index (χ4v) is 2.07. The van der Waals surface area contributed by atoms with Crippen molar-refractivity contribution in [2.75, 3.05) is 14.2 Å². The van der Waals surface area contributed by atoms with Crippen molar-refractivity contribution in [3.05, 3.63) is 10.1 Å². The molecule has 7 nitrogen and oxygen atoms in total. The normalized spacial score (nSPS) is 26.8. The van der Waals surface area contributed by atoms with Crippen molar-refractivity contribution in [1.29, 1.82) is 0 Å². The molecular formula is C10H15NO6. The van der Waals surface area contributed by atoms with Gasteiger partial charge in [0.1, 0.15) is 0 Å². The third kappa shape index (κ3) is 2.72. The van der Waals surface area contributed by atoms with Gasteiger partial charge in [-0.05, 0) is 0 Å². The van der Waals surface area contributed by atoms with Gasteiger partial charge in [0.2, 0.25) is 5.54 Å². The Balaban J connectivity index is 2.55. The minimum atomic E-state index is -1.17. The Morgan fingerprint density at radius 1 is 1.35 bits per heavy atom. The molecule has 0 aromatic carbocycles. The minimum Gasteiger partial charge on any atom is -0.469 e. The van der Waals surface area contributed by atoms with E-state index in [2.05, 4.69) is 9.47 Å². The highest BCUT2D eigenvalue weighted by molar-refractivity contribution is 5.74. The first-order valence-corrected chi connectivity index (χ1v) is 5.24. The van der Waals surface area contributed by atoms with Gasteiger partial charge in [0, 0.05) is 24.2 Å². The van der Waals surface area contributed by atoms with Gasteiger partial charge in [-0.15, -0.1) is 0 Å². The minimum absolute atomic E-state index is 0.00856. The molecule has 1 saturated carbocycles. The molecule has 7 heteroatoms. The Morgan fingerprint density at radius 2 is 1.94 bits per heavy atom. The van der Waals surface area contributed by atoms with Crippen LogP contribution in [0.15, 0.2) is 0 Å². The molecule has 0 aromatic heterocycles. The van der Waals surface area contributed by atoms with E-state index in [1.165, 1.54) is 14.2 Å². The van der Waals surface area contributed by atoms with Crippen LogP contribution in [0.4, 0.5) is 0 Å². The molecule has 0 atom stereocenters. The van der Waals surface area contributed by atoms with E-state index in [-0.39, 0.29) is 25.7 Å². The fourth-order valence-electron chi connectivity index (χ4n) is 2.07. The van der Waals surface area contributed by atoms with Gasteiger partial charge >= 0.3 is 11.9 Å². The number of ether oxygens (including phenoxy) is 2. The molecule has 96 valence electrons. The summed E-state index contributed by atoms with van der Waals surface area (Å²) in [7, 11) is 2.49. The maximum absolute atomic E-state index is 11.2. The molecule has 1 aliphatic rings. The highest BCUT2D eigenvalue weighted by atomic mass is 16.6. The number of carbonyl (C=O) groups excluding carboxylic acids is 2. The molecular weight excluding hydrogens is 230 g/mol. The Hall–Kier alpha value is -1.66. The lowest BCUT2D eigenvalue weighted by atomic mass is 9.66. The second-order valence-electron chi connectivity index (χ2n) is 4.19. The predicted molar refractivity (Wildman–Crippen MR) is 55.7 cm³/mol. The molecule has 1 aliphatic carbocycles. The van der Waals surface area contributed by atoms with Crippen LogP contribution in [-0.2, 0) is 19.1 Å². The molecule has 0 unspecified atom stereocenters. The van der Waals surface area contributed by atoms with E-state index < -0.39 is 28.3 Å². The average Bonchev–Trinajstić information content (AvgIpc) is 2.25. The summed E-state index contributed by atoms with van der Waals surface area (Å²) in [5, 5.41) is 11.0. The maximum atomic E-state index is 11.2. The number of methoxy groups -OCH3 is 2. The van der Waals surface area contributed by atoms with E-state index >= 15 is 0 Å². The van der Waals surface area contributed by atoms with Crippen LogP contribution in [0.5, 0.6) is 0 Å². The zero-order chi connectivity index (χ0) is 13.1. The number of hydrogen-bond acceptors (Lipinski definition) is 6. The summed E-state index contributed by atoms with van der Waals surface area (Å²) in [4.78, 5) is 32.7. The van der Waals surface area contributed by atoms with Crippen molar-refractivity contribution in [2.45, 2.75) is 31.2 Å². The van der Waals surface area contributed by atoms with Crippen molar-refractivity contribution in [1.82, 2.24) is 0 Å². The van der Waals surface area contributed by atoms with Gasteiger partial charge in [-0.3, -0.25) is 19.7 Å². The fraction of sp³-hybridized carbons (Fsp3) is 0.800. The monoisotopic (exact) mass is 245 g/mol. The number of carbonyl (C=O) groups is 2. The molecule has 0 radical (unpaired) electrons. The summed E-state index contributed by atoms with van der Waals surface area (Å²) in [6.07, 6.45) is 0.346. The van der Waals surface area contributed by atoms with Gasteiger partial charge in [-0.2, -0.15) is 0 Å². The zero-order valence-corrected chi connectivity index (χ0v) is 9.80. The third-order valence-electron chi connectivity index (χ3n) is 3.20. The van der Waals surface area contributed by atoms with E-state index in [9.17, 15) is 19.7 Å². The smallest absolute Gasteiger partial charge is 0.309 e. The highest BCUT2D eigenvalue weighted by Gasteiger charge is 2.57. The second kappa shape index (κ2) is 5.11. The van der Waals surface area contributed by atoms with Crippen molar-refractivity contribution in [3.63, 3.8) is 0 Å². The summed E-state index contributed by atoms with van der Waals surface area (Å²) < 4.78 is 8.96. The van der Waals surface area contributed by atoms with E-state index in [0.29, 0.717) is 0 Å². The molecule has 0 heterocycles. The summed E-state index contributed by atoms with van der Waals surface area (Å²) in [5.74, 6) is -1.34. The van der Waals surface area contributed by atoms with Crippen LogP contribution in [0.1, 0.15) is 25.7 Å². The molecule has 1 rings (SSSR count). The Bertz CT molecular complexity index is 328. The molecule has 17 heavy (non-hydrogen) atoms. The lowest BCUT2D eigenvalue weighted by Gasteiger charge is -2.38. The first-order chi connectivity index (χ1) is 7.95. The quantitative estimate of drug-likeness (QED) is 0.398. The lowest BCUT2D eigenvalue weighted by Crippen LogP contribution is -2.53. The second-order valence-corrected chi connectivity index (χ2v) is 4.19. The van der Waals surface area contributed by atoms with Crippen LogP contribution in [0.2, 0.25) is 0 Å². The Kier molecular flexibility index (Phi) is 4.03. The topological polar surface area (TPSA) is 95.7 Å². The summed E-state index contributed by atoms with van der Waals surface area (Å²) in [6, 6.07) is 0. The Labute approximate surface area is 98.2 Å². The zero-order valence-electron chi connectivity index (χ0n) is 9.80. The van der Waals surface area contributed by atoms with Gasteiger partial charge < -0.3 is 9.47 Å². The van der Waals surface area contributed by atoms with Crippen LogP contribution in [0.3, 0.4) is 0 Å².